The van der Waals surface area contributed by atoms with Gasteiger partial charge in [0.1, 0.15) is 0 Å². The molecule has 2 heterocycles. The summed E-state index contributed by atoms with van der Waals surface area (Å²) >= 11 is 0. The van der Waals surface area contributed by atoms with Gasteiger partial charge in [-0.05, 0) is 44.9 Å². The van der Waals surface area contributed by atoms with Crippen LogP contribution in [0.4, 0.5) is 0 Å². The van der Waals surface area contributed by atoms with Gasteiger partial charge in [0.2, 0.25) is 0 Å². The monoisotopic (exact) mass is 233 g/mol. The summed E-state index contributed by atoms with van der Waals surface area (Å²) in [6.07, 6.45) is 6.44. The molecule has 0 bridgehead atoms. The van der Waals surface area contributed by atoms with Crippen molar-refractivity contribution in [3.05, 3.63) is 30.1 Å². The van der Waals surface area contributed by atoms with E-state index in [9.17, 15) is 0 Å². The van der Waals surface area contributed by atoms with Gasteiger partial charge in [-0.2, -0.15) is 0 Å². The molecule has 94 valence electrons. The van der Waals surface area contributed by atoms with Crippen LogP contribution in [0.2, 0.25) is 0 Å². The van der Waals surface area contributed by atoms with E-state index in [4.69, 9.17) is 0 Å². The number of rotatable bonds is 5. The Balaban J connectivity index is 1.92. The SMILES string of the molecule is CC(C)N(Cc1cccnc1)CC1CCCN1. The third kappa shape index (κ3) is 3.79. The van der Waals surface area contributed by atoms with Gasteiger partial charge in [-0.25, -0.2) is 0 Å². The molecule has 2 rings (SSSR count). The van der Waals surface area contributed by atoms with Crippen molar-refractivity contribution < 1.29 is 0 Å². The van der Waals surface area contributed by atoms with Crippen LogP contribution in [0.15, 0.2) is 24.5 Å². The van der Waals surface area contributed by atoms with Crippen molar-refractivity contribution in [2.75, 3.05) is 13.1 Å². The summed E-state index contributed by atoms with van der Waals surface area (Å²) in [5.74, 6) is 0. The fraction of sp³-hybridized carbons (Fsp3) is 0.643. The van der Waals surface area contributed by atoms with Gasteiger partial charge in [0.25, 0.3) is 0 Å². The average molecular weight is 233 g/mol. The van der Waals surface area contributed by atoms with E-state index >= 15 is 0 Å². The van der Waals surface area contributed by atoms with Crippen molar-refractivity contribution in [3.8, 4) is 0 Å². The maximum Gasteiger partial charge on any atom is 0.0312 e. The normalized spacial score (nSPS) is 20.4. The van der Waals surface area contributed by atoms with E-state index in [0.29, 0.717) is 12.1 Å². The zero-order valence-corrected chi connectivity index (χ0v) is 10.9. The molecule has 3 heteroatoms. The molecule has 0 aliphatic carbocycles. The number of nitrogens with zero attached hydrogens (tertiary/aromatic N) is 2. The second kappa shape index (κ2) is 6.12. The molecule has 1 aromatic rings. The Labute approximate surface area is 104 Å². The van der Waals surface area contributed by atoms with E-state index in [2.05, 4.69) is 35.1 Å². The van der Waals surface area contributed by atoms with Gasteiger partial charge >= 0.3 is 0 Å². The highest BCUT2D eigenvalue weighted by molar-refractivity contribution is 5.08. The lowest BCUT2D eigenvalue weighted by Crippen LogP contribution is -2.40. The number of aromatic nitrogens is 1. The van der Waals surface area contributed by atoms with E-state index in [1.54, 1.807) is 0 Å². The molecule has 0 amide bonds. The van der Waals surface area contributed by atoms with E-state index in [1.807, 2.05) is 18.5 Å². The molecule has 0 spiro atoms. The van der Waals surface area contributed by atoms with Gasteiger partial charge in [-0.1, -0.05) is 6.07 Å². The molecule has 3 nitrogen and oxygen atoms in total. The quantitative estimate of drug-likeness (QED) is 0.843. The van der Waals surface area contributed by atoms with Crippen LogP contribution in [0.1, 0.15) is 32.3 Å². The number of nitrogens with one attached hydrogen (secondary N) is 1. The Morgan fingerprint density at radius 3 is 3.00 bits per heavy atom. The van der Waals surface area contributed by atoms with E-state index < -0.39 is 0 Å². The Morgan fingerprint density at radius 1 is 1.53 bits per heavy atom. The van der Waals surface area contributed by atoms with Crippen LogP contribution in [0.3, 0.4) is 0 Å². The summed E-state index contributed by atoms with van der Waals surface area (Å²) in [6, 6.07) is 5.43. The summed E-state index contributed by atoms with van der Waals surface area (Å²) in [4.78, 5) is 6.71. The zero-order valence-electron chi connectivity index (χ0n) is 10.9. The van der Waals surface area contributed by atoms with E-state index in [0.717, 1.165) is 13.1 Å². The van der Waals surface area contributed by atoms with Crippen molar-refractivity contribution in [2.24, 2.45) is 0 Å². The van der Waals surface area contributed by atoms with Crippen molar-refractivity contribution in [2.45, 2.75) is 45.3 Å². The molecule has 17 heavy (non-hydrogen) atoms. The highest BCUT2D eigenvalue weighted by Gasteiger charge is 2.19. The summed E-state index contributed by atoms with van der Waals surface area (Å²) < 4.78 is 0. The lowest BCUT2D eigenvalue weighted by molar-refractivity contribution is 0.194. The molecule has 1 unspecified atom stereocenters. The third-order valence-corrected chi connectivity index (χ3v) is 3.46. The second-order valence-electron chi connectivity index (χ2n) is 5.18. The molecular weight excluding hydrogens is 210 g/mol. The predicted molar refractivity (Wildman–Crippen MR) is 70.8 cm³/mol. The van der Waals surface area contributed by atoms with Crippen LogP contribution >= 0.6 is 0 Å². The maximum absolute atomic E-state index is 4.19. The van der Waals surface area contributed by atoms with Crippen molar-refractivity contribution in [3.63, 3.8) is 0 Å². The maximum atomic E-state index is 4.19. The first-order valence-corrected chi connectivity index (χ1v) is 6.62. The fourth-order valence-electron chi connectivity index (χ4n) is 2.38. The van der Waals surface area contributed by atoms with Gasteiger partial charge in [-0.15, -0.1) is 0 Å². The summed E-state index contributed by atoms with van der Waals surface area (Å²) in [5, 5.41) is 3.57. The van der Waals surface area contributed by atoms with Gasteiger partial charge < -0.3 is 5.32 Å². The first-order chi connectivity index (χ1) is 8.25. The minimum Gasteiger partial charge on any atom is -0.313 e. The molecule has 1 aliphatic rings. The largest absolute Gasteiger partial charge is 0.313 e. The van der Waals surface area contributed by atoms with Crippen molar-refractivity contribution in [1.82, 2.24) is 15.2 Å². The summed E-state index contributed by atoms with van der Waals surface area (Å²) in [6.45, 7) is 7.87. The van der Waals surface area contributed by atoms with Gasteiger partial charge in [0.05, 0.1) is 0 Å². The van der Waals surface area contributed by atoms with Crippen LogP contribution in [0.25, 0.3) is 0 Å². The van der Waals surface area contributed by atoms with Gasteiger partial charge in [-0.3, -0.25) is 9.88 Å². The summed E-state index contributed by atoms with van der Waals surface area (Å²) in [7, 11) is 0. The third-order valence-electron chi connectivity index (χ3n) is 3.46. The molecule has 1 atom stereocenters. The summed E-state index contributed by atoms with van der Waals surface area (Å²) in [5.41, 5.74) is 1.30. The lowest BCUT2D eigenvalue weighted by atomic mass is 10.1. The Hall–Kier alpha value is -0.930. The van der Waals surface area contributed by atoms with Crippen molar-refractivity contribution in [1.29, 1.82) is 0 Å². The van der Waals surface area contributed by atoms with E-state index in [-0.39, 0.29) is 0 Å². The smallest absolute Gasteiger partial charge is 0.0312 e. The van der Waals surface area contributed by atoms with Gasteiger partial charge in [0, 0.05) is 37.6 Å². The molecule has 1 N–H and O–H groups in total. The topological polar surface area (TPSA) is 28.2 Å². The van der Waals surface area contributed by atoms with E-state index in [1.165, 1.54) is 24.9 Å². The minimum absolute atomic E-state index is 0.581. The Kier molecular flexibility index (Phi) is 4.51. The zero-order chi connectivity index (χ0) is 12.1. The molecule has 0 saturated carbocycles. The lowest BCUT2D eigenvalue weighted by Gasteiger charge is -2.29. The Bertz CT molecular complexity index is 317. The first kappa shape index (κ1) is 12.5. The number of pyridine rings is 1. The molecule has 1 aromatic heterocycles. The highest BCUT2D eigenvalue weighted by Crippen LogP contribution is 2.12. The molecule has 0 radical (unpaired) electrons. The van der Waals surface area contributed by atoms with Gasteiger partial charge in [0.15, 0.2) is 0 Å². The average Bonchev–Trinajstić information content (AvgIpc) is 2.82. The minimum atomic E-state index is 0.581. The fourth-order valence-corrected chi connectivity index (χ4v) is 2.38. The van der Waals surface area contributed by atoms with Crippen LogP contribution in [0, 0.1) is 0 Å². The van der Waals surface area contributed by atoms with Crippen LogP contribution < -0.4 is 5.32 Å². The molecular formula is C14H23N3. The van der Waals surface area contributed by atoms with Crippen LogP contribution in [-0.4, -0.2) is 35.1 Å². The standard InChI is InChI=1S/C14H23N3/c1-12(2)17(11-14-6-4-8-16-14)10-13-5-3-7-15-9-13/h3,5,7,9,12,14,16H,4,6,8,10-11H2,1-2H3. The molecule has 0 aromatic carbocycles. The van der Waals surface area contributed by atoms with Crippen LogP contribution in [0.5, 0.6) is 0 Å². The van der Waals surface area contributed by atoms with Crippen molar-refractivity contribution >= 4 is 0 Å². The number of hydrogen-bond donors (Lipinski definition) is 1. The Morgan fingerprint density at radius 2 is 2.41 bits per heavy atom. The molecule has 1 saturated heterocycles. The predicted octanol–water partition coefficient (Wildman–Crippen LogP) is 2.04. The molecule has 1 fully saturated rings. The number of hydrogen-bond acceptors (Lipinski definition) is 3. The molecule has 1 aliphatic heterocycles. The second-order valence-corrected chi connectivity index (χ2v) is 5.18. The highest BCUT2D eigenvalue weighted by atomic mass is 15.2. The van der Waals surface area contributed by atoms with Crippen LogP contribution in [-0.2, 0) is 6.54 Å². The first-order valence-electron chi connectivity index (χ1n) is 6.62.